The normalized spacial score (nSPS) is 32.1. The fraction of sp³-hybridized carbons (Fsp3) is 0.786. The fourth-order valence-corrected chi connectivity index (χ4v) is 5.43. The lowest BCUT2D eigenvalue weighted by atomic mass is 9.51. The van der Waals surface area contributed by atoms with E-state index in [1.54, 1.807) is 0 Å². The molecule has 0 atom stereocenters. The van der Waals surface area contributed by atoms with Crippen molar-refractivity contribution in [2.24, 2.45) is 10.8 Å². The van der Waals surface area contributed by atoms with Gasteiger partial charge in [0.1, 0.15) is 5.76 Å². The van der Waals surface area contributed by atoms with E-state index in [4.69, 9.17) is 4.74 Å². The first kappa shape index (κ1) is 11.6. The second kappa shape index (κ2) is 3.11. The van der Waals surface area contributed by atoms with Crippen molar-refractivity contribution in [2.45, 2.75) is 58.3 Å². The number of thioether (sulfide) groups is 1. The summed E-state index contributed by atoms with van der Waals surface area (Å²) in [5.74, 6) is 1.51. The quantitative estimate of drug-likeness (QED) is 0.654. The number of Topliss-reactive ketones (excluding diaryl/α,β-unsaturated/α-hetero) is 1. The van der Waals surface area contributed by atoms with Crippen molar-refractivity contribution in [2.75, 3.05) is 0 Å². The molecule has 0 radical (unpaired) electrons. The number of carbonyl (C=O) groups excluding carboxylic acids is 1. The molecule has 3 aliphatic rings. The molecule has 17 heavy (non-hydrogen) atoms. The maximum Gasteiger partial charge on any atom is 0.182 e. The summed E-state index contributed by atoms with van der Waals surface area (Å²) in [4.78, 5) is 13.3. The molecule has 2 aliphatic carbocycles. The van der Waals surface area contributed by atoms with E-state index in [9.17, 15) is 4.79 Å². The van der Waals surface area contributed by atoms with Gasteiger partial charge in [0.25, 0.3) is 0 Å². The van der Waals surface area contributed by atoms with Gasteiger partial charge in [0, 0.05) is 11.3 Å². The third-order valence-electron chi connectivity index (χ3n) is 4.68. The first-order valence-electron chi connectivity index (χ1n) is 6.48. The highest BCUT2D eigenvalue weighted by atomic mass is 32.2. The minimum absolute atomic E-state index is 0.331. The molecule has 0 N–H and O–H groups in total. The van der Waals surface area contributed by atoms with Crippen molar-refractivity contribution in [3.8, 4) is 0 Å². The molecular weight excluding hydrogens is 232 g/mol. The van der Waals surface area contributed by atoms with Crippen LogP contribution in [0.2, 0.25) is 0 Å². The van der Waals surface area contributed by atoms with Crippen LogP contribution in [0, 0.1) is 10.8 Å². The highest BCUT2D eigenvalue weighted by Crippen LogP contribution is 2.71. The van der Waals surface area contributed by atoms with Crippen LogP contribution in [-0.2, 0) is 9.53 Å². The van der Waals surface area contributed by atoms with Crippen LogP contribution in [-0.4, -0.2) is 10.7 Å². The topological polar surface area (TPSA) is 26.3 Å². The maximum absolute atomic E-state index is 12.3. The molecular formula is C14H20O2S. The monoisotopic (exact) mass is 252 g/mol. The summed E-state index contributed by atoms with van der Waals surface area (Å²) in [7, 11) is 0. The minimum Gasteiger partial charge on any atom is -0.478 e. The molecule has 0 aromatic heterocycles. The predicted molar refractivity (Wildman–Crippen MR) is 69.5 cm³/mol. The molecule has 1 fully saturated rings. The molecule has 0 aromatic carbocycles. The van der Waals surface area contributed by atoms with Crippen LogP contribution in [0.15, 0.2) is 10.7 Å². The third-order valence-corrected chi connectivity index (χ3v) is 6.75. The molecule has 0 bridgehead atoms. The van der Waals surface area contributed by atoms with Gasteiger partial charge in [-0.25, -0.2) is 0 Å². The summed E-state index contributed by atoms with van der Waals surface area (Å²) in [6, 6.07) is 0. The Hall–Kier alpha value is -0.440. The predicted octanol–water partition coefficient (Wildman–Crippen LogP) is 3.87. The number of carbonyl (C=O) groups is 1. The summed E-state index contributed by atoms with van der Waals surface area (Å²) in [5.41, 5.74) is -0.725. The van der Waals surface area contributed by atoms with Crippen molar-refractivity contribution in [1.29, 1.82) is 0 Å². The van der Waals surface area contributed by atoms with E-state index in [1.807, 2.05) is 39.5 Å². The minimum atomic E-state index is -0.363. The zero-order valence-electron chi connectivity index (χ0n) is 11.1. The molecule has 2 nitrogen and oxygen atoms in total. The molecule has 0 amide bonds. The lowest BCUT2D eigenvalue weighted by Crippen LogP contribution is -2.72. The van der Waals surface area contributed by atoms with E-state index in [0.29, 0.717) is 5.78 Å². The van der Waals surface area contributed by atoms with Gasteiger partial charge in [-0.3, -0.25) is 4.79 Å². The summed E-state index contributed by atoms with van der Waals surface area (Å²) in [6.45, 7) is 8.14. The average Bonchev–Trinajstić information content (AvgIpc) is 2.69. The second-order valence-corrected chi connectivity index (χ2v) is 7.73. The van der Waals surface area contributed by atoms with Crippen LogP contribution < -0.4 is 0 Å². The SMILES string of the molecule is CC1(C)C(=O)C(C)(C)C12OC1=C(CCCC1)S2. The number of rotatable bonds is 0. The van der Waals surface area contributed by atoms with Gasteiger partial charge < -0.3 is 4.74 Å². The Labute approximate surface area is 107 Å². The Kier molecular flexibility index (Phi) is 2.13. The van der Waals surface area contributed by atoms with Crippen molar-refractivity contribution in [1.82, 2.24) is 0 Å². The Morgan fingerprint density at radius 2 is 1.65 bits per heavy atom. The van der Waals surface area contributed by atoms with Crippen LogP contribution in [0.25, 0.3) is 0 Å². The van der Waals surface area contributed by atoms with Gasteiger partial charge in [-0.15, -0.1) is 0 Å². The molecule has 0 aromatic rings. The molecule has 1 spiro atoms. The number of ketones is 1. The average molecular weight is 252 g/mol. The van der Waals surface area contributed by atoms with Crippen LogP contribution in [0.5, 0.6) is 0 Å². The fourth-order valence-electron chi connectivity index (χ4n) is 3.74. The standard InChI is InChI=1S/C14H20O2S/c1-12(2)11(15)13(3,4)14(12)16-9-7-5-6-8-10(9)17-14/h5-8H2,1-4H3. The van der Waals surface area contributed by atoms with Crippen LogP contribution in [0.3, 0.4) is 0 Å². The van der Waals surface area contributed by atoms with Gasteiger partial charge in [0.05, 0.1) is 10.8 Å². The van der Waals surface area contributed by atoms with E-state index >= 15 is 0 Å². The van der Waals surface area contributed by atoms with E-state index < -0.39 is 0 Å². The van der Waals surface area contributed by atoms with Gasteiger partial charge in [0.2, 0.25) is 0 Å². The van der Waals surface area contributed by atoms with Crippen molar-refractivity contribution in [3.63, 3.8) is 0 Å². The zero-order chi connectivity index (χ0) is 12.5. The molecule has 0 unspecified atom stereocenters. The number of hydrogen-bond acceptors (Lipinski definition) is 3. The van der Waals surface area contributed by atoms with Crippen molar-refractivity contribution >= 4 is 17.5 Å². The summed E-state index contributed by atoms with van der Waals surface area (Å²) in [6.07, 6.45) is 4.69. The summed E-state index contributed by atoms with van der Waals surface area (Å²) in [5, 5.41) is 0. The Morgan fingerprint density at radius 1 is 1.06 bits per heavy atom. The molecule has 0 saturated heterocycles. The van der Waals surface area contributed by atoms with Gasteiger partial charge in [0.15, 0.2) is 10.7 Å². The molecule has 3 heteroatoms. The smallest absolute Gasteiger partial charge is 0.182 e. The first-order valence-corrected chi connectivity index (χ1v) is 7.29. The van der Waals surface area contributed by atoms with E-state index in [0.717, 1.165) is 12.8 Å². The molecule has 1 saturated carbocycles. The van der Waals surface area contributed by atoms with Crippen LogP contribution in [0.1, 0.15) is 53.4 Å². The van der Waals surface area contributed by atoms with Gasteiger partial charge >= 0.3 is 0 Å². The molecule has 1 aliphatic heterocycles. The van der Waals surface area contributed by atoms with E-state index in [-0.39, 0.29) is 15.8 Å². The highest BCUT2D eigenvalue weighted by molar-refractivity contribution is 8.04. The van der Waals surface area contributed by atoms with Crippen LogP contribution in [0.4, 0.5) is 0 Å². The number of ether oxygens (including phenoxy) is 1. The van der Waals surface area contributed by atoms with Crippen molar-refractivity contribution < 1.29 is 9.53 Å². The maximum atomic E-state index is 12.3. The zero-order valence-corrected chi connectivity index (χ0v) is 11.9. The number of allylic oxidation sites excluding steroid dienone is 2. The number of hydrogen-bond donors (Lipinski definition) is 0. The Morgan fingerprint density at radius 3 is 2.24 bits per heavy atom. The lowest BCUT2D eigenvalue weighted by molar-refractivity contribution is -0.195. The van der Waals surface area contributed by atoms with Crippen LogP contribution >= 0.6 is 11.8 Å². The first-order chi connectivity index (χ1) is 7.83. The molecule has 1 heterocycles. The Bertz CT molecular complexity index is 394. The van der Waals surface area contributed by atoms with Gasteiger partial charge in [-0.1, -0.05) is 11.8 Å². The van der Waals surface area contributed by atoms with Gasteiger partial charge in [-0.2, -0.15) is 0 Å². The molecule has 94 valence electrons. The van der Waals surface area contributed by atoms with E-state index in [2.05, 4.69) is 0 Å². The van der Waals surface area contributed by atoms with Crippen molar-refractivity contribution in [3.05, 3.63) is 10.7 Å². The lowest BCUT2D eigenvalue weighted by Gasteiger charge is -2.61. The summed E-state index contributed by atoms with van der Waals surface area (Å²) < 4.78 is 6.31. The van der Waals surface area contributed by atoms with E-state index in [1.165, 1.54) is 23.5 Å². The van der Waals surface area contributed by atoms with Gasteiger partial charge in [-0.05, 0) is 47.0 Å². The third kappa shape index (κ3) is 1.12. The Balaban J connectivity index is 1.98. The summed E-state index contributed by atoms with van der Waals surface area (Å²) >= 11 is 1.84. The largest absolute Gasteiger partial charge is 0.478 e. The highest BCUT2D eigenvalue weighted by Gasteiger charge is 2.77. The second-order valence-electron chi connectivity index (χ2n) is 6.45. The molecule has 3 rings (SSSR count).